The number of rotatable bonds is 3. The van der Waals surface area contributed by atoms with Crippen molar-refractivity contribution in [1.82, 2.24) is 19.2 Å². The number of sulfonamides is 1. The molecular weight excluding hydrogens is 256 g/mol. The second-order valence-electron chi connectivity index (χ2n) is 4.42. The summed E-state index contributed by atoms with van der Waals surface area (Å²) in [5, 5.41) is 0.0287. The van der Waals surface area contributed by atoms with Crippen LogP contribution in [0.4, 0.5) is 0 Å². The molecule has 1 aromatic rings. The average molecular weight is 272 g/mol. The van der Waals surface area contributed by atoms with Crippen molar-refractivity contribution in [2.75, 3.05) is 20.6 Å². The maximum absolute atomic E-state index is 12.3. The molecule has 2 rings (SSSR count). The Hall–Kier alpha value is -1.41. The highest BCUT2D eigenvalue weighted by Gasteiger charge is 2.40. The first-order valence-corrected chi connectivity index (χ1v) is 7.10. The fraction of sp³-hybridized carbons (Fsp3) is 0.600. The number of carbonyl (C=O) groups excluding carboxylic acids is 1. The van der Waals surface area contributed by atoms with E-state index in [2.05, 4.69) is 9.97 Å². The fourth-order valence-electron chi connectivity index (χ4n) is 2.08. The molecule has 0 spiro atoms. The third kappa shape index (κ3) is 2.13. The maximum atomic E-state index is 12.3. The number of amides is 1. The highest BCUT2D eigenvalue weighted by Crippen LogP contribution is 2.25. The van der Waals surface area contributed by atoms with Gasteiger partial charge in [-0.15, -0.1) is 0 Å². The predicted octanol–water partition coefficient (Wildman–Crippen LogP) is -0.349. The SMILES string of the molecule is CN(C)C(=O)C1CCCN1S(=O)(=O)c1cnc[nH]1. The zero-order valence-corrected chi connectivity index (χ0v) is 11.1. The lowest BCUT2D eigenvalue weighted by atomic mass is 10.2. The summed E-state index contributed by atoms with van der Waals surface area (Å²) in [6.45, 7) is 0.367. The summed E-state index contributed by atoms with van der Waals surface area (Å²) in [7, 11) is -0.402. The molecule has 1 aliphatic heterocycles. The zero-order chi connectivity index (χ0) is 13.3. The van der Waals surface area contributed by atoms with E-state index in [1.807, 2.05) is 0 Å². The maximum Gasteiger partial charge on any atom is 0.260 e. The molecule has 18 heavy (non-hydrogen) atoms. The van der Waals surface area contributed by atoms with Crippen LogP contribution in [-0.2, 0) is 14.8 Å². The molecule has 0 bridgehead atoms. The molecule has 0 radical (unpaired) electrons. The van der Waals surface area contributed by atoms with Crippen LogP contribution in [0.25, 0.3) is 0 Å². The highest BCUT2D eigenvalue weighted by molar-refractivity contribution is 7.89. The smallest absolute Gasteiger partial charge is 0.260 e. The van der Waals surface area contributed by atoms with Crippen molar-refractivity contribution in [2.24, 2.45) is 0 Å². The summed E-state index contributed by atoms with van der Waals surface area (Å²) in [6.07, 6.45) is 3.82. The number of imidazole rings is 1. The normalized spacial score (nSPS) is 21.1. The molecule has 8 heteroatoms. The standard InChI is InChI=1S/C10H16N4O3S/c1-13(2)10(15)8-4-3-5-14(8)18(16,17)9-6-11-7-12-9/h6-8H,3-5H2,1-2H3,(H,11,12). The van der Waals surface area contributed by atoms with E-state index < -0.39 is 16.1 Å². The van der Waals surface area contributed by atoms with E-state index in [0.29, 0.717) is 19.4 Å². The summed E-state index contributed by atoms with van der Waals surface area (Å²) in [4.78, 5) is 19.7. The first kappa shape index (κ1) is 13.0. The van der Waals surface area contributed by atoms with Crippen LogP contribution in [0, 0.1) is 0 Å². The van der Waals surface area contributed by atoms with Gasteiger partial charge in [0.1, 0.15) is 6.04 Å². The van der Waals surface area contributed by atoms with Crippen LogP contribution in [0.15, 0.2) is 17.6 Å². The van der Waals surface area contributed by atoms with Gasteiger partial charge in [0.15, 0.2) is 5.03 Å². The number of nitrogens with zero attached hydrogens (tertiary/aromatic N) is 3. The summed E-state index contributed by atoms with van der Waals surface area (Å²) in [5.41, 5.74) is 0. The first-order chi connectivity index (χ1) is 8.44. The predicted molar refractivity (Wildman–Crippen MR) is 64.2 cm³/mol. The number of nitrogens with one attached hydrogen (secondary N) is 1. The van der Waals surface area contributed by atoms with Gasteiger partial charge in [0.05, 0.1) is 12.5 Å². The topological polar surface area (TPSA) is 86.4 Å². The third-order valence-corrected chi connectivity index (χ3v) is 4.82. The lowest BCUT2D eigenvalue weighted by molar-refractivity contribution is -0.132. The van der Waals surface area contributed by atoms with E-state index in [0.717, 1.165) is 0 Å². The Morgan fingerprint density at radius 2 is 2.28 bits per heavy atom. The van der Waals surface area contributed by atoms with Gasteiger partial charge in [-0.25, -0.2) is 13.4 Å². The van der Waals surface area contributed by atoms with Crippen molar-refractivity contribution >= 4 is 15.9 Å². The Labute approximate surface area is 106 Å². The molecule has 1 aromatic heterocycles. The van der Waals surface area contributed by atoms with Crippen LogP contribution >= 0.6 is 0 Å². The minimum atomic E-state index is -3.66. The van der Waals surface area contributed by atoms with Crippen molar-refractivity contribution in [3.8, 4) is 0 Å². The lowest BCUT2D eigenvalue weighted by Gasteiger charge is -2.24. The molecule has 0 saturated carbocycles. The Balaban J connectivity index is 2.30. The number of aromatic amines is 1. The Kier molecular flexibility index (Phi) is 3.40. The van der Waals surface area contributed by atoms with Gasteiger partial charge in [-0.1, -0.05) is 0 Å². The van der Waals surface area contributed by atoms with Gasteiger partial charge in [-0.05, 0) is 12.8 Å². The van der Waals surface area contributed by atoms with Crippen LogP contribution in [0.2, 0.25) is 0 Å². The Bertz CT molecular complexity index is 523. The summed E-state index contributed by atoms with van der Waals surface area (Å²) < 4.78 is 25.9. The lowest BCUT2D eigenvalue weighted by Crippen LogP contribution is -2.45. The summed E-state index contributed by atoms with van der Waals surface area (Å²) in [5.74, 6) is -0.185. The molecule has 1 atom stereocenters. The first-order valence-electron chi connectivity index (χ1n) is 5.66. The quantitative estimate of drug-likeness (QED) is 0.815. The summed E-state index contributed by atoms with van der Waals surface area (Å²) in [6, 6.07) is -0.603. The number of aromatic nitrogens is 2. The minimum absolute atomic E-state index is 0.0287. The van der Waals surface area contributed by atoms with Crippen molar-refractivity contribution in [3.63, 3.8) is 0 Å². The largest absolute Gasteiger partial charge is 0.347 e. The number of hydrogen-bond acceptors (Lipinski definition) is 4. The number of hydrogen-bond donors (Lipinski definition) is 1. The van der Waals surface area contributed by atoms with Crippen LogP contribution < -0.4 is 0 Å². The second-order valence-corrected chi connectivity index (χ2v) is 6.28. The number of H-pyrrole nitrogens is 1. The van der Waals surface area contributed by atoms with Crippen LogP contribution in [0.5, 0.6) is 0 Å². The third-order valence-electron chi connectivity index (χ3n) is 2.99. The average Bonchev–Trinajstić information content (AvgIpc) is 2.99. The van der Waals surface area contributed by atoms with Crippen molar-refractivity contribution in [3.05, 3.63) is 12.5 Å². The molecule has 1 unspecified atom stereocenters. The van der Waals surface area contributed by atoms with E-state index in [1.54, 1.807) is 14.1 Å². The molecule has 1 fully saturated rings. The van der Waals surface area contributed by atoms with Crippen molar-refractivity contribution < 1.29 is 13.2 Å². The van der Waals surface area contributed by atoms with E-state index in [1.165, 1.54) is 21.7 Å². The number of likely N-dealkylation sites (N-methyl/N-ethyl adjacent to an activating group) is 1. The zero-order valence-electron chi connectivity index (χ0n) is 10.3. The van der Waals surface area contributed by atoms with Gasteiger partial charge in [0.25, 0.3) is 10.0 Å². The molecule has 100 valence electrons. The molecular formula is C10H16N4O3S. The van der Waals surface area contributed by atoms with Gasteiger partial charge >= 0.3 is 0 Å². The van der Waals surface area contributed by atoms with Gasteiger partial charge in [-0.2, -0.15) is 4.31 Å². The molecule has 1 amide bonds. The van der Waals surface area contributed by atoms with E-state index in [9.17, 15) is 13.2 Å². The minimum Gasteiger partial charge on any atom is -0.347 e. The molecule has 0 aromatic carbocycles. The van der Waals surface area contributed by atoms with Gasteiger partial charge in [-0.3, -0.25) is 4.79 Å². The van der Waals surface area contributed by atoms with Crippen LogP contribution in [0.1, 0.15) is 12.8 Å². The van der Waals surface area contributed by atoms with E-state index in [-0.39, 0.29) is 10.9 Å². The van der Waals surface area contributed by atoms with Gasteiger partial charge < -0.3 is 9.88 Å². The van der Waals surface area contributed by atoms with Gasteiger partial charge in [0, 0.05) is 20.6 Å². The molecule has 0 aliphatic carbocycles. The highest BCUT2D eigenvalue weighted by atomic mass is 32.2. The molecule has 1 aliphatic rings. The Morgan fingerprint density at radius 3 is 2.83 bits per heavy atom. The summed E-state index contributed by atoms with van der Waals surface area (Å²) >= 11 is 0. The fourth-order valence-corrected chi connectivity index (χ4v) is 3.63. The molecule has 7 nitrogen and oxygen atoms in total. The van der Waals surface area contributed by atoms with E-state index in [4.69, 9.17) is 0 Å². The van der Waals surface area contributed by atoms with E-state index >= 15 is 0 Å². The van der Waals surface area contributed by atoms with Crippen LogP contribution in [-0.4, -0.2) is 60.2 Å². The van der Waals surface area contributed by atoms with Crippen LogP contribution in [0.3, 0.4) is 0 Å². The molecule has 1 N–H and O–H groups in total. The van der Waals surface area contributed by atoms with Gasteiger partial charge in [0.2, 0.25) is 5.91 Å². The molecule has 1 saturated heterocycles. The monoisotopic (exact) mass is 272 g/mol. The van der Waals surface area contributed by atoms with Crippen molar-refractivity contribution in [2.45, 2.75) is 23.9 Å². The second kappa shape index (κ2) is 4.69. The Morgan fingerprint density at radius 1 is 1.56 bits per heavy atom. The molecule has 2 heterocycles. The number of carbonyl (C=O) groups is 1. The van der Waals surface area contributed by atoms with Crippen molar-refractivity contribution in [1.29, 1.82) is 0 Å².